The molecule has 3 aromatic heterocycles. The van der Waals surface area contributed by atoms with Gasteiger partial charge in [0, 0.05) is 61.5 Å². The summed E-state index contributed by atoms with van der Waals surface area (Å²) in [5, 5.41) is 2.22. The fraction of sp³-hybridized carbons (Fsp3) is 0.217. The largest absolute Gasteiger partial charge is 0.451 e. The number of carbonyl (C=O) groups excluding carboxylic acids is 1. The number of anilines is 1. The fourth-order valence-electron chi connectivity index (χ4n) is 3.75. The summed E-state index contributed by atoms with van der Waals surface area (Å²) < 4.78 is 6.04. The lowest BCUT2D eigenvalue weighted by molar-refractivity contribution is 0.0715. The van der Waals surface area contributed by atoms with Gasteiger partial charge in [-0.25, -0.2) is 15.0 Å². The van der Waals surface area contributed by atoms with Crippen molar-refractivity contribution in [2.45, 2.75) is 10.9 Å². The molecule has 1 amide bonds. The van der Waals surface area contributed by atoms with Crippen LogP contribution in [0.2, 0.25) is 5.02 Å². The molecular formula is C23H20ClN5O2S. The molecule has 1 fully saturated rings. The first kappa shape index (κ1) is 20.8. The highest BCUT2D eigenvalue weighted by Crippen LogP contribution is 2.32. The number of rotatable bonds is 5. The smallest absolute Gasteiger partial charge is 0.290 e. The van der Waals surface area contributed by atoms with Crippen LogP contribution < -0.4 is 4.90 Å². The van der Waals surface area contributed by atoms with Crippen molar-refractivity contribution in [1.82, 2.24) is 19.9 Å². The zero-order valence-electron chi connectivity index (χ0n) is 17.1. The molecule has 0 unspecified atom stereocenters. The summed E-state index contributed by atoms with van der Waals surface area (Å²) in [5.74, 6) is 1.73. The first-order valence-corrected chi connectivity index (χ1v) is 11.6. The maximum absolute atomic E-state index is 13.4. The van der Waals surface area contributed by atoms with Gasteiger partial charge in [-0.1, -0.05) is 41.6 Å². The summed E-state index contributed by atoms with van der Waals surface area (Å²) in [6, 6.07) is 13.3. The van der Waals surface area contributed by atoms with Crippen molar-refractivity contribution in [3.8, 4) is 0 Å². The molecule has 0 bridgehead atoms. The molecule has 4 heterocycles. The Kier molecular flexibility index (Phi) is 5.96. The van der Waals surface area contributed by atoms with E-state index in [1.54, 1.807) is 24.7 Å². The monoisotopic (exact) mass is 465 g/mol. The highest BCUT2D eigenvalue weighted by atomic mass is 35.5. The van der Waals surface area contributed by atoms with Crippen LogP contribution in [0.25, 0.3) is 11.0 Å². The molecule has 9 heteroatoms. The third-order valence-electron chi connectivity index (χ3n) is 5.38. The molecule has 0 atom stereocenters. The van der Waals surface area contributed by atoms with E-state index in [9.17, 15) is 4.79 Å². The molecule has 1 saturated heterocycles. The molecular weight excluding hydrogens is 446 g/mol. The van der Waals surface area contributed by atoms with Gasteiger partial charge in [0.1, 0.15) is 11.4 Å². The number of carbonyl (C=O) groups is 1. The number of thioether (sulfide) groups is 1. The van der Waals surface area contributed by atoms with E-state index in [1.165, 1.54) is 11.8 Å². The van der Waals surface area contributed by atoms with Gasteiger partial charge in [0.15, 0.2) is 10.9 Å². The second-order valence-electron chi connectivity index (χ2n) is 7.34. The van der Waals surface area contributed by atoms with E-state index in [0.29, 0.717) is 53.5 Å². The molecule has 1 aliphatic rings. The van der Waals surface area contributed by atoms with Crippen molar-refractivity contribution in [2.75, 3.05) is 31.1 Å². The zero-order chi connectivity index (χ0) is 21.9. The topological polar surface area (TPSA) is 75.4 Å². The summed E-state index contributed by atoms with van der Waals surface area (Å²) in [6.45, 7) is 2.58. The molecule has 0 radical (unpaired) electrons. The maximum Gasteiger partial charge on any atom is 0.290 e. The van der Waals surface area contributed by atoms with Crippen LogP contribution >= 0.6 is 23.4 Å². The fourth-order valence-corrected chi connectivity index (χ4v) is 4.69. The van der Waals surface area contributed by atoms with Gasteiger partial charge in [0.05, 0.1) is 5.02 Å². The molecule has 0 spiro atoms. The molecule has 1 aromatic carbocycles. The van der Waals surface area contributed by atoms with E-state index in [1.807, 2.05) is 41.3 Å². The predicted molar refractivity (Wildman–Crippen MR) is 125 cm³/mol. The van der Waals surface area contributed by atoms with Gasteiger partial charge in [-0.2, -0.15) is 0 Å². The lowest BCUT2D eigenvalue weighted by Crippen LogP contribution is -2.49. The van der Waals surface area contributed by atoms with E-state index >= 15 is 0 Å². The van der Waals surface area contributed by atoms with Crippen LogP contribution in [-0.2, 0) is 5.75 Å². The van der Waals surface area contributed by atoms with E-state index < -0.39 is 0 Å². The minimum Gasteiger partial charge on any atom is -0.451 e. The van der Waals surface area contributed by atoms with Crippen molar-refractivity contribution in [3.63, 3.8) is 0 Å². The first-order valence-electron chi connectivity index (χ1n) is 10.2. The van der Waals surface area contributed by atoms with Gasteiger partial charge < -0.3 is 14.2 Å². The number of nitrogens with zero attached hydrogens (tertiary/aromatic N) is 5. The number of halogens is 1. The standard InChI is InChI=1S/C23H20ClN5O2S/c24-16-6-7-20(27-14-16)28-10-12-29(13-11-28)22(30)21-18(15-32-23-25-8-3-9-26-23)17-4-1-2-5-19(17)31-21/h1-9,14H,10-13,15H2. The van der Waals surface area contributed by atoms with Gasteiger partial charge in [-0.15, -0.1) is 0 Å². The van der Waals surface area contributed by atoms with Gasteiger partial charge in [0.25, 0.3) is 5.91 Å². The highest BCUT2D eigenvalue weighted by Gasteiger charge is 2.28. The van der Waals surface area contributed by atoms with E-state index in [0.717, 1.165) is 16.8 Å². The molecule has 5 rings (SSSR count). The maximum atomic E-state index is 13.4. The van der Waals surface area contributed by atoms with Crippen molar-refractivity contribution in [1.29, 1.82) is 0 Å². The number of pyridine rings is 1. The van der Waals surface area contributed by atoms with Crippen molar-refractivity contribution < 1.29 is 9.21 Å². The summed E-state index contributed by atoms with van der Waals surface area (Å²) in [6.07, 6.45) is 5.07. The van der Waals surface area contributed by atoms with Crippen LogP contribution in [0.3, 0.4) is 0 Å². The average molecular weight is 466 g/mol. The zero-order valence-corrected chi connectivity index (χ0v) is 18.7. The van der Waals surface area contributed by atoms with Crippen molar-refractivity contribution in [3.05, 3.63) is 77.4 Å². The Hall–Kier alpha value is -3.10. The van der Waals surface area contributed by atoms with E-state index in [4.69, 9.17) is 16.0 Å². The quantitative estimate of drug-likeness (QED) is 0.316. The molecule has 0 aliphatic carbocycles. The molecule has 0 N–H and O–H groups in total. The SMILES string of the molecule is O=C(c1oc2ccccc2c1CSc1ncccn1)N1CCN(c2ccc(Cl)cn2)CC1. The summed E-state index contributed by atoms with van der Waals surface area (Å²) in [5.41, 5.74) is 1.59. The lowest BCUT2D eigenvalue weighted by atomic mass is 10.1. The minimum atomic E-state index is -0.0884. The number of furan rings is 1. The third-order valence-corrected chi connectivity index (χ3v) is 6.51. The van der Waals surface area contributed by atoms with Gasteiger partial charge in [0.2, 0.25) is 0 Å². The number of piperazine rings is 1. The number of para-hydroxylation sites is 1. The lowest BCUT2D eigenvalue weighted by Gasteiger charge is -2.35. The Morgan fingerprint density at radius 2 is 1.78 bits per heavy atom. The molecule has 162 valence electrons. The van der Waals surface area contributed by atoms with Crippen LogP contribution in [0.4, 0.5) is 5.82 Å². The minimum absolute atomic E-state index is 0.0884. The number of hydrogen-bond donors (Lipinski definition) is 0. The summed E-state index contributed by atoms with van der Waals surface area (Å²) in [4.78, 5) is 30.4. The number of amides is 1. The van der Waals surface area contributed by atoms with Crippen LogP contribution in [0.1, 0.15) is 16.1 Å². The Balaban J connectivity index is 1.34. The Labute approximate surface area is 194 Å². The van der Waals surface area contributed by atoms with E-state index in [-0.39, 0.29) is 5.91 Å². The van der Waals surface area contributed by atoms with Crippen LogP contribution in [0.15, 0.2) is 70.6 Å². The second-order valence-corrected chi connectivity index (χ2v) is 8.72. The molecule has 32 heavy (non-hydrogen) atoms. The van der Waals surface area contributed by atoms with Crippen LogP contribution in [0.5, 0.6) is 0 Å². The number of benzene rings is 1. The normalized spacial score (nSPS) is 14.2. The summed E-state index contributed by atoms with van der Waals surface area (Å²) in [7, 11) is 0. The Morgan fingerprint density at radius 3 is 2.53 bits per heavy atom. The van der Waals surface area contributed by atoms with Gasteiger partial charge in [-0.05, 0) is 24.3 Å². The van der Waals surface area contributed by atoms with Crippen LogP contribution in [0, 0.1) is 0 Å². The molecule has 7 nitrogen and oxygen atoms in total. The van der Waals surface area contributed by atoms with Gasteiger partial charge >= 0.3 is 0 Å². The number of hydrogen-bond acceptors (Lipinski definition) is 7. The van der Waals surface area contributed by atoms with Crippen molar-refractivity contribution >= 4 is 46.1 Å². The van der Waals surface area contributed by atoms with Crippen molar-refractivity contribution in [2.24, 2.45) is 0 Å². The molecule has 4 aromatic rings. The third kappa shape index (κ3) is 4.28. The second kappa shape index (κ2) is 9.18. The Bertz CT molecular complexity index is 1220. The molecule has 0 saturated carbocycles. The number of fused-ring (bicyclic) bond motifs is 1. The summed E-state index contributed by atoms with van der Waals surface area (Å²) >= 11 is 7.43. The predicted octanol–water partition coefficient (Wildman–Crippen LogP) is 4.53. The van der Waals surface area contributed by atoms with E-state index in [2.05, 4.69) is 19.9 Å². The molecule has 1 aliphatic heterocycles. The van der Waals surface area contributed by atoms with Crippen LogP contribution in [-0.4, -0.2) is 51.9 Å². The highest BCUT2D eigenvalue weighted by molar-refractivity contribution is 7.98. The average Bonchev–Trinajstić information content (AvgIpc) is 3.22. The number of aromatic nitrogens is 3. The Morgan fingerprint density at radius 1 is 1.00 bits per heavy atom. The van der Waals surface area contributed by atoms with Gasteiger partial charge in [-0.3, -0.25) is 4.79 Å². The first-order chi connectivity index (χ1) is 15.7.